The molecular formula is C28H33N5O8. The molecule has 1 amide bonds. The van der Waals surface area contributed by atoms with Gasteiger partial charge in [0.2, 0.25) is 5.78 Å². The number of hydrogen-bond donors (Lipinski definition) is 6. The SMILES string of the molecule is Cc1coc(NCc2cc(N(C)C)c3c(c2O)C(O)=C2C(=O)[C@]4(O)C(O)=C(C(N)=O)C(=O)C(N(C)C)[C@@H]4C[C@H]2C3)n1. The summed E-state index contributed by atoms with van der Waals surface area (Å²) < 4.78 is 5.32. The molecule has 0 aliphatic heterocycles. The number of amides is 1. The molecule has 7 N–H and O–H groups in total. The molecule has 1 unspecified atom stereocenters. The highest BCUT2D eigenvalue weighted by molar-refractivity contribution is 6.24. The zero-order valence-electron chi connectivity index (χ0n) is 23.3. The Hall–Kier alpha value is -4.36. The van der Waals surface area contributed by atoms with Crippen molar-refractivity contribution >= 4 is 34.9 Å². The van der Waals surface area contributed by atoms with Crippen LogP contribution in [0.25, 0.3) is 5.76 Å². The molecule has 1 fully saturated rings. The highest BCUT2D eigenvalue weighted by Gasteiger charge is 2.64. The van der Waals surface area contributed by atoms with Crippen LogP contribution in [0, 0.1) is 18.8 Å². The molecule has 1 saturated carbocycles. The van der Waals surface area contributed by atoms with E-state index in [2.05, 4.69) is 10.3 Å². The zero-order valence-corrected chi connectivity index (χ0v) is 23.3. The van der Waals surface area contributed by atoms with Crippen LogP contribution in [0.2, 0.25) is 0 Å². The normalized spacial score (nSPS) is 25.7. The largest absolute Gasteiger partial charge is 0.508 e. The van der Waals surface area contributed by atoms with E-state index >= 15 is 0 Å². The molecule has 13 nitrogen and oxygen atoms in total. The third-order valence-corrected chi connectivity index (χ3v) is 8.31. The lowest BCUT2D eigenvalue weighted by molar-refractivity contribution is -0.153. The number of aromatic nitrogens is 1. The van der Waals surface area contributed by atoms with Crippen molar-refractivity contribution in [1.29, 1.82) is 0 Å². The van der Waals surface area contributed by atoms with Crippen LogP contribution in [-0.4, -0.2) is 87.6 Å². The van der Waals surface area contributed by atoms with Gasteiger partial charge in [0.1, 0.15) is 29.1 Å². The number of benzene rings is 1. The molecule has 41 heavy (non-hydrogen) atoms. The van der Waals surface area contributed by atoms with Gasteiger partial charge in [-0.2, -0.15) is 4.98 Å². The number of carbonyl (C=O) groups is 3. The molecule has 0 saturated heterocycles. The van der Waals surface area contributed by atoms with Gasteiger partial charge in [-0.1, -0.05) is 0 Å². The van der Waals surface area contributed by atoms with Gasteiger partial charge < -0.3 is 40.8 Å². The zero-order chi connectivity index (χ0) is 30.1. The number of hydrogen-bond acceptors (Lipinski definition) is 12. The van der Waals surface area contributed by atoms with Crippen molar-refractivity contribution in [3.05, 3.63) is 51.6 Å². The van der Waals surface area contributed by atoms with E-state index in [4.69, 9.17) is 10.2 Å². The van der Waals surface area contributed by atoms with Gasteiger partial charge in [-0.05, 0) is 51.4 Å². The Balaban J connectivity index is 1.67. The summed E-state index contributed by atoms with van der Waals surface area (Å²) in [6.07, 6.45) is 1.69. The maximum Gasteiger partial charge on any atom is 0.294 e. The number of primary amides is 1. The first-order valence-corrected chi connectivity index (χ1v) is 13.1. The van der Waals surface area contributed by atoms with Crippen molar-refractivity contribution in [1.82, 2.24) is 9.88 Å². The van der Waals surface area contributed by atoms with E-state index in [1.54, 1.807) is 41.2 Å². The molecule has 218 valence electrons. The number of ketones is 2. The minimum absolute atomic E-state index is 0.0201. The van der Waals surface area contributed by atoms with Crippen molar-refractivity contribution in [2.75, 3.05) is 38.4 Å². The van der Waals surface area contributed by atoms with Gasteiger partial charge in [0, 0.05) is 43.4 Å². The van der Waals surface area contributed by atoms with E-state index in [-0.39, 0.29) is 42.3 Å². The summed E-state index contributed by atoms with van der Waals surface area (Å²) in [5.41, 5.74) is 3.96. The number of oxazole rings is 1. The number of fused-ring (bicyclic) bond motifs is 3. The molecular weight excluding hydrogens is 534 g/mol. The lowest BCUT2D eigenvalue weighted by Crippen LogP contribution is -2.65. The van der Waals surface area contributed by atoms with Crippen molar-refractivity contribution in [2.45, 2.75) is 38.0 Å². The van der Waals surface area contributed by atoms with Crippen molar-refractivity contribution in [3.8, 4) is 5.75 Å². The molecule has 1 heterocycles. The second-order valence-electron chi connectivity index (χ2n) is 11.3. The minimum atomic E-state index is -2.69. The van der Waals surface area contributed by atoms with Crippen LogP contribution < -0.4 is 16.0 Å². The minimum Gasteiger partial charge on any atom is -0.508 e. The Morgan fingerprint density at radius 2 is 1.90 bits per heavy atom. The summed E-state index contributed by atoms with van der Waals surface area (Å²) in [7, 11) is 6.73. The van der Waals surface area contributed by atoms with Gasteiger partial charge in [-0.25, -0.2) is 0 Å². The first-order valence-electron chi connectivity index (χ1n) is 13.1. The molecule has 13 heteroatoms. The Morgan fingerprint density at radius 1 is 1.22 bits per heavy atom. The second kappa shape index (κ2) is 9.63. The first kappa shape index (κ1) is 28.2. The summed E-state index contributed by atoms with van der Waals surface area (Å²) in [5, 5.41) is 48.7. The highest BCUT2D eigenvalue weighted by Crippen LogP contribution is 2.54. The van der Waals surface area contributed by atoms with Gasteiger partial charge in [-0.3, -0.25) is 19.3 Å². The number of anilines is 2. The number of aliphatic hydroxyl groups excluding tert-OH is 2. The Morgan fingerprint density at radius 3 is 2.46 bits per heavy atom. The van der Waals surface area contributed by atoms with Crippen molar-refractivity contribution in [3.63, 3.8) is 0 Å². The third-order valence-electron chi connectivity index (χ3n) is 8.31. The number of rotatable bonds is 6. The van der Waals surface area contributed by atoms with E-state index in [1.807, 2.05) is 4.90 Å². The molecule has 2 aromatic rings. The van der Waals surface area contributed by atoms with E-state index in [9.17, 15) is 34.8 Å². The van der Waals surface area contributed by atoms with E-state index in [1.165, 1.54) is 11.2 Å². The van der Waals surface area contributed by atoms with E-state index in [0.29, 0.717) is 22.5 Å². The number of nitrogens with one attached hydrogen (secondary N) is 1. The number of carbonyl (C=O) groups excluding carboxylic acids is 3. The molecule has 5 rings (SSSR count). The number of nitrogens with zero attached hydrogens (tertiary/aromatic N) is 3. The maximum atomic E-state index is 14.0. The number of phenols is 1. The molecule has 1 aromatic carbocycles. The summed E-state index contributed by atoms with van der Waals surface area (Å²) in [4.78, 5) is 46.9. The van der Waals surface area contributed by atoms with E-state index in [0.717, 1.165) is 0 Å². The van der Waals surface area contributed by atoms with Crippen LogP contribution in [0.4, 0.5) is 11.7 Å². The predicted molar refractivity (Wildman–Crippen MR) is 147 cm³/mol. The average molecular weight is 568 g/mol. The molecule has 0 bridgehead atoms. The number of nitrogens with two attached hydrogens (primary N) is 1. The molecule has 3 aliphatic rings. The summed E-state index contributed by atoms with van der Waals surface area (Å²) in [6.45, 7) is 1.84. The van der Waals surface area contributed by atoms with Crippen LogP contribution in [0.1, 0.15) is 28.8 Å². The Labute approximate surface area is 235 Å². The standard InChI is InChI=1S/C28H33N5O8/c1-11-10-41-27(31-11)30-9-13-8-16(32(2)3)14-6-12-7-15-20(33(4)5)23(36)19(26(29)39)25(38)28(15,40)24(37)17(12)22(35)18(14)21(13)34/h8,10,12,15,20,34-35,38,40H,6-7,9H2,1-5H3,(H2,29,39)(H,30,31)/t12-,15+,20?,28+/m1/s1. The lowest BCUT2D eigenvalue weighted by atomic mass is 9.57. The monoisotopic (exact) mass is 567 g/mol. The maximum absolute atomic E-state index is 14.0. The number of likely N-dealkylation sites (N-methyl/N-ethyl adjacent to an activating group) is 1. The number of phenolic OH excluding ortho intramolecular Hbond substituents is 1. The molecule has 0 spiro atoms. The van der Waals surface area contributed by atoms with Crippen LogP contribution in [0.15, 0.2) is 33.7 Å². The fraction of sp³-hybridized carbons (Fsp3) is 0.429. The number of aromatic hydroxyl groups is 1. The van der Waals surface area contributed by atoms with Crippen molar-refractivity contribution in [2.24, 2.45) is 17.6 Å². The fourth-order valence-electron chi connectivity index (χ4n) is 6.49. The van der Waals surface area contributed by atoms with E-state index < -0.39 is 58.0 Å². The number of Topliss-reactive ketones (excluding diaryl/α,β-unsaturated/α-hetero) is 2. The van der Waals surface area contributed by atoms with Crippen LogP contribution in [0.3, 0.4) is 0 Å². The quantitative estimate of drug-likeness (QED) is 0.270. The van der Waals surface area contributed by atoms with Crippen LogP contribution >= 0.6 is 0 Å². The summed E-state index contributed by atoms with van der Waals surface area (Å²) >= 11 is 0. The second-order valence-corrected chi connectivity index (χ2v) is 11.3. The molecule has 1 aromatic heterocycles. The van der Waals surface area contributed by atoms with Gasteiger partial charge >= 0.3 is 0 Å². The van der Waals surface area contributed by atoms with Crippen molar-refractivity contribution < 1.29 is 39.2 Å². The third kappa shape index (κ3) is 4.06. The van der Waals surface area contributed by atoms with Gasteiger partial charge in [0.15, 0.2) is 11.4 Å². The Bertz CT molecular complexity index is 1550. The fourth-order valence-corrected chi connectivity index (χ4v) is 6.49. The smallest absolute Gasteiger partial charge is 0.294 e. The average Bonchev–Trinajstić information content (AvgIpc) is 3.30. The number of aryl methyl sites for hydroxylation is 1. The van der Waals surface area contributed by atoms with Crippen LogP contribution in [0.5, 0.6) is 5.75 Å². The molecule has 0 radical (unpaired) electrons. The predicted octanol–water partition coefficient (Wildman–Crippen LogP) is 0.939. The summed E-state index contributed by atoms with van der Waals surface area (Å²) in [6, 6.07) is 0.858. The topological polar surface area (TPSA) is 203 Å². The van der Waals surface area contributed by atoms with Gasteiger partial charge in [0.25, 0.3) is 11.9 Å². The van der Waals surface area contributed by atoms with Crippen LogP contribution in [-0.2, 0) is 27.3 Å². The molecule has 4 atom stereocenters. The summed E-state index contributed by atoms with van der Waals surface area (Å²) in [5.74, 6) is -6.86. The number of aliphatic hydroxyl groups is 3. The lowest BCUT2D eigenvalue weighted by Gasteiger charge is -2.50. The highest BCUT2D eigenvalue weighted by atomic mass is 16.4. The van der Waals surface area contributed by atoms with Gasteiger partial charge in [-0.15, -0.1) is 0 Å². The first-order chi connectivity index (χ1) is 19.2. The van der Waals surface area contributed by atoms with Gasteiger partial charge in [0.05, 0.1) is 17.3 Å². The molecule has 3 aliphatic carbocycles. The Kier molecular flexibility index (Phi) is 6.62.